The second kappa shape index (κ2) is 6.00. The summed E-state index contributed by atoms with van der Waals surface area (Å²) in [6.45, 7) is 2.14. The smallest absolute Gasteiger partial charge is 0.153 e. The molecule has 2 rings (SSSR count). The van der Waals surface area contributed by atoms with Gasteiger partial charge in [0, 0.05) is 18.4 Å². The molecule has 0 saturated heterocycles. The Balaban J connectivity index is 2.03. The van der Waals surface area contributed by atoms with Crippen LogP contribution in [0.25, 0.3) is 0 Å². The third-order valence-electron chi connectivity index (χ3n) is 2.67. The molecule has 0 atom stereocenters. The molecule has 4 nitrogen and oxygen atoms in total. The minimum absolute atomic E-state index is 0.770. The van der Waals surface area contributed by atoms with E-state index in [1.807, 2.05) is 43.4 Å². The Bertz CT molecular complexity index is 476. The van der Waals surface area contributed by atoms with Gasteiger partial charge in [0.1, 0.15) is 0 Å². The molecule has 1 aromatic carbocycles. The van der Waals surface area contributed by atoms with Crippen LogP contribution in [0.5, 0.6) is 0 Å². The molecule has 1 aromatic heterocycles. The topological polar surface area (TPSA) is 49.8 Å². The zero-order valence-corrected chi connectivity index (χ0v) is 10.8. The van der Waals surface area contributed by atoms with E-state index >= 15 is 0 Å². The molecular formula is C14H18N4. The quantitative estimate of drug-likeness (QED) is 0.845. The number of hydrogen-bond donors (Lipinski definition) is 2. The molecule has 0 unspecified atom stereocenters. The zero-order chi connectivity index (χ0) is 12.8. The summed E-state index contributed by atoms with van der Waals surface area (Å²) in [5, 5.41) is 14.6. The van der Waals surface area contributed by atoms with Crippen molar-refractivity contribution >= 4 is 17.2 Å². The minimum Gasteiger partial charge on any atom is -0.388 e. The lowest BCUT2D eigenvalue weighted by Gasteiger charge is -2.06. The van der Waals surface area contributed by atoms with Gasteiger partial charge < -0.3 is 10.6 Å². The van der Waals surface area contributed by atoms with Gasteiger partial charge in [0.25, 0.3) is 0 Å². The van der Waals surface area contributed by atoms with Crippen LogP contribution in [-0.4, -0.2) is 17.2 Å². The van der Waals surface area contributed by atoms with Crippen molar-refractivity contribution in [3.8, 4) is 0 Å². The Kier molecular flexibility index (Phi) is 4.12. The second-order valence-electron chi connectivity index (χ2n) is 4.11. The van der Waals surface area contributed by atoms with E-state index in [1.54, 1.807) is 0 Å². The van der Waals surface area contributed by atoms with Crippen molar-refractivity contribution in [2.45, 2.75) is 19.8 Å². The fraction of sp³-hybridized carbons (Fsp3) is 0.286. The summed E-state index contributed by atoms with van der Waals surface area (Å²) in [7, 11) is 1.90. The van der Waals surface area contributed by atoms with Gasteiger partial charge in [-0.25, -0.2) is 0 Å². The molecule has 2 aromatic rings. The molecule has 94 valence electrons. The first-order valence-corrected chi connectivity index (χ1v) is 6.19. The van der Waals surface area contributed by atoms with Crippen molar-refractivity contribution in [1.29, 1.82) is 0 Å². The number of rotatable bonds is 5. The number of aryl methyl sites for hydroxylation is 1. The maximum Gasteiger partial charge on any atom is 0.153 e. The highest BCUT2D eigenvalue weighted by Crippen LogP contribution is 2.16. The molecule has 18 heavy (non-hydrogen) atoms. The van der Waals surface area contributed by atoms with Gasteiger partial charge >= 0.3 is 0 Å². The van der Waals surface area contributed by atoms with Crippen molar-refractivity contribution in [2.75, 3.05) is 17.7 Å². The van der Waals surface area contributed by atoms with Gasteiger partial charge in [0.15, 0.2) is 5.82 Å². The lowest BCUT2D eigenvalue weighted by molar-refractivity contribution is 0.841. The molecule has 0 saturated carbocycles. The standard InChI is InChI=1S/C14H18N4/c1-3-4-13-9-10-14(18-17-13)16-12-7-5-11(15-2)6-8-12/h5-10,15H,3-4H2,1-2H3,(H,16,18). The van der Waals surface area contributed by atoms with Crippen LogP contribution >= 0.6 is 0 Å². The molecule has 0 spiro atoms. The van der Waals surface area contributed by atoms with Crippen molar-refractivity contribution in [2.24, 2.45) is 0 Å². The summed E-state index contributed by atoms with van der Waals surface area (Å²) < 4.78 is 0. The first-order valence-electron chi connectivity index (χ1n) is 6.19. The summed E-state index contributed by atoms with van der Waals surface area (Å²) in [5.74, 6) is 0.770. The van der Waals surface area contributed by atoms with Crippen LogP contribution in [0, 0.1) is 0 Å². The molecule has 0 aliphatic heterocycles. The van der Waals surface area contributed by atoms with Gasteiger partial charge in [0.05, 0.1) is 5.69 Å². The van der Waals surface area contributed by atoms with E-state index in [1.165, 1.54) is 0 Å². The first kappa shape index (κ1) is 12.4. The third-order valence-corrected chi connectivity index (χ3v) is 2.67. The largest absolute Gasteiger partial charge is 0.388 e. The summed E-state index contributed by atoms with van der Waals surface area (Å²) in [6, 6.07) is 12.0. The minimum atomic E-state index is 0.770. The third kappa shape index (κ3) is 3.20. The fourth-order valence-corrected chi connectivity index (χ4v) is 1.68. The normalized spacial score (nSPS) is 10.1. The number of anilines is 3. The van der Waals surface area contributed by atoms with Crippen LogP contribution in [-0.2, 0) is 6.42 Å². The van der Waals surface area contributed by atoms with Crippen LogP contribution in [0.3, 0.4) is 0 Å². The SMILES string of the molecule is CCCc1ccc(Nc2ccc(NC)cc2)nn1. The highest BCUT2D eigenvalue weighted by Gasteiger charge is 1.98. The van der Waals surface area contributed by atoms with Crippen molar-refractivity contribution in [3.05, 3.63) is 42.1 Å². The highest BCUT2D eigenvalue weighted by atomic mass is 15.2. The average Bonchev–Trinajstić information content (AvgIpc) is 2.42. The van der Waals surface area contributed by atoms with Crippen molar-refractivity contribution in [1.82, 2.24) is 10.2 Å². The number of nitrogens with one attached hydrogen (secondary N) is 2. The van der Waals surface area contributed by atoms with E-state index in [9.17, 15) is 0 Å². The number of aromatic nitrogens is 2. The Morgan fingerprint density at radius 1 is 0.944 bits per heavy atom. The summed E-state index contributed by atoms with van der Waals surface area (Å²) in [5.41, 5.74) is 3.13. The lowest BCUT2D eigenvalue weighted by atomic mass is 10.2. The zero-order valence-electron chi connectivity index (χ0n) is 10.8. The summed E-state index contributed by atoms with van der Waals surface area (Å²) >= 11 is 0. The predicted molar refractivity (Wildman–Crippen MR) is 75.3 cm³/mol. The monoisotopic (exact) mass is 242 g/mol. The number of benzene rings is 1. The van der Waals surface area contributed by atoms with Crippen molar-refractivity contribution < 1.29 is 0 Å². The Morgan fingerprint density at radius 2 is 1.67 bits per heavy atom. The number of hydrogen-bond acceptors (Lipinski definition) is 4. The molecule has 0 bridgehead atoms. The molecule has 0 amide bonds. The molecule has 0 radical (unpaired) electrons. The van der Waals surface area contributed by atoms with E-state index in [4.69, 9.17) is 0 Å². The van der Waals surface area contributed by atoms with Crippen LogP contribution in [0.4, 0.5) is 17.2 Å². The number of nitrogens with zero attached hydrogens (tertiary/aromatic N) is 2. The lowest BCUT2D eigenvalue weighted by Crippen LogP contribution is -1.98. The van der Waals surface area contributed by atoms with E-state index in [0.29, 0.717) is 0 Å². The summed E-state index contributed by atoms with van der Waals surface area (Å²) in [6.07, 6.45) is 2.07. The Labute approximate surface area is 107 Å². The molecule has 2 N–H and O–H groups in total. The van der Waals surface area contributed by atoms with E-state index in [2.05, 4.69) is 27.8 Å². The summed E-state index contributed by atoms with van der Waals surface area (Å²) in [4.78, 5) is 0. The molecular weight excluding hydrogens is 224 g/mol. The fourth-order valence-electron chi connectivity index (χ4n) is 1.68. The molecule has 0 aliphatic carbocycles. The molecule has 0 fully saturated rings. The molecule has 4 heteroatoms. The van der Waals surface area contributed by atoms with Gasteiger partial charge in [-0.1, -0.05) is 13.3 Å². The maximum atomic E-state index is 4.17. The first-order chi connectivity index (χ1) is 8.81. The van der Waals surface area contributed by atoms with Crippen LogP contribution in [0.2, 0.25) is 0 Å². The Morgan fingerprint density at radius 3 is 2.22 bits per heavy atom. The van der Waals surface area contributed by atoms with Gasteiger partial charge in [-0.05, 0) is 42.8 Å². The highest BCUT2D eigenvalue weighted by molar-refractivity contribution is 5.59. The van der Waals surface area contributed by atoms with Crippen LogP contribution in [0.1, 0.15) is 19.0 Å². The molecule has 0 aliphatic rings. The van der Waals surface area contributed by atoms with Crippen LogP contribution < -0.4 is 10.6 Å². The van der Waals surface area contributed by atoms with Crippen LogP contribution in [0.15, 0.2) is 36.4 Å². The predicted octanol–water partition coefficient (Wildman–Crippen LogP) is 3.21. The van der Waals surface area contributed by atoms with E-state index in [-0.39, 0.29) is 0 Å². The molecule has 1 heterocycles. The average molecular weight is 242 g/mol. The second-order valence-corrected chi connectivity index (χ2v) is 4.11. The van der Waals surface area contributed by atoms with E-state index in [0.717, 1.165) is 35.7 Å². The van der Waals surface area contributed by atoms with Gasteiger partial charge in [0.2, 0.25) is 0 Å². The van der Waals surface area contributed by atoms with Gasteiger partial charge in [-0.2, -0.15) is 5.10 Å². The van der Waals surface area contributed by atoms with Gasteiger partial charge in [-0.15, -0.1) is 5.10 Å². The maximum absolute atomic E-state index is 4.17. The Hall–Kier alpha value is -2.10. The van der Waals surface area contributed by atoms with Crippen molar-refractivity contribution in [3.63, 3.8) is 0 Å². The van der Waals surface area contributed by atoms with Gasteiger partial charge in [-0.3, -0.25) is 0 Å². The van der Waals surface area contributed by atoms with E-state index < -0.39 is 0 Å².